The van der Waals surface area contributed by atoms with Gasteiger partial charge in [-0.05, 0) is 24.1 Å². The first-order valence-corrected chi connectivity index (χ1v) is 6.94. The van der Waals surface area contributed by atoms with E-state index in [2.05, 4.69) is 4.98 Å². The van der Waals surface area contributed by atoms with E-state index in [1.54, 1.807) is 0 Å². The van der Waals surface area contributed by atoms with E-state index in [-0.39, 0.29) is 5.92 Å². The zero-order chi connectivity index (χ0) is 14.1. The Bertz CT molecular complexity index is 633. The summed E-state index contributed by atoms with van der Waals surface area (Å²) in [7, 11) is 0. The maximum atomic E-state index is 11.0. The number of hydrogen-bond donors (Lipinski definition) is 1. The van der Waals surface area contributed by atoms with Crippen molar-refractivity contribution in [1.29, 1.82) is 0 Å². The lowest BCUT2D eigenvalue weighted by Crippen LogP contribution is -2.21. The fraction of sp³-hybridized carbons (Fsp3) is 0.333. The summed E-state index contributed by atoms with van der Waals surface area (Å²) in [4.78, 5) is 15.5. The van der Waals surface area contributed by atoms with E-state index in [1.165, 1.54) is 0 Å². The van der Waals surface area contributed by atoms with Crippen molar-refractivity contribution in [3.05, 3.63) is 52.2 Å². The van der Waals surface area contributed by atoms with Gasteiger partial charge < -0.3 is 9.52 Å². The second-order valence-electron chi connectivity index (χ2n) is 5.06. The molecule has 0 bridgehead atoms. The van der Waals surface area contributed by atoms with Crippen molar-refractivity contribution in [2.75, 3.05) is 0 Å². The van der Waals surface area contributed by atoms with Gasteiger partial charge in [0.15, 0.2) is 5.89 Å². The van der Waals surface area contributed by atoms with Gasteiger partial charge in [0.05, 0.1) is 11.6 Å². The van der Waals surface area contributed by atoms with Crippen LogP contribution in [0.15, 0.2) is 28.7 Å². The highest BCUT2D eigenvalue weighted by Crippen LogP contribution is 2.27. The van der Waals surface area contributed by atoms with Gasteiger partial charge in [0.1, 0.15) is 5.76 Å². The first-order chi connectivity index (χ1) is 9.61. The molecular formula is C15H14ClNO3. The lowest BCUT2D eigenvalue weighted by molar-refractivity contribution is -0.142. The third-order valence-electron chi connectivity index (χ3n) is 3.60. The second-order valence-corrected chi connectivity index (χ2v) is 5.50. The van der Waals surface area contributed by atoms with Crippen molar-refractivity contribution < 1.29 is 14.3 Å². The van der Waals surface area contributed by atoms with Gasteiger partial charge in [-0.25, -0.2) is 4.98 Å². The number of aromatic nitrogens is 1. The minimum atomic E-state index is -0.752. The summed E-state index contributed by atoms with van der Waals surface area (Å²) in [6.07, 6.45) is 2.34. The highest BCUT2D eigenvalue weighted by atomic mass is 35.5. The van der Waals surface area contributed by atoms with Gasteiger partial charge in [-0.2, -0.15) is 0 Å². The SMILES string of the molecule is O=C(O)C1CCc2oc(Cc3ccc(Cl)cc3)nc2C1. The molecule has 1 heterocycles. The Morgan fingerprint density at radius 2 is 2.15 bits per heavy atom. The number of aryl methyl sites for hydroxylation is 1. The minimum Gasteiger partial charge on any atom is -0.481 e. The summed E-state index contributed by atoms with van der Waals surface area (Å²) in [5.41, 5.74) is 1.87. The second kappa shape index (κ2) is 5.29. The van der Waals surface area contributed by atoms with Gasteiger partial charge in [0, 0.05) is 24.3 Å². The van der Waals surface area contributed by atoms with E-state index in [9.17, 15) is 4.79 Å². The van der Waals surface area contributed by atoms with Crippen LogP contribution in [0, 0.1) is 5.92 Å². The average Bonchev–Trinajstić information content (AvgIpc) is 2.82. The molecule has 1 unspecified atom stereocenters. The van der Waals surface area contributed by atoms with Crippen LogP contribution in [0.3, 0.4) is 0 Å². The van der Waals surface area contributed by atoms with Crippen LogP contribution in [0.4, 0.5) is 0 Å². The zero-order valence-electron chi connectivity index (χ0n) is 10.8. The van der Waals surface area contributed by atoms with Gasteiger partial charge in [0.25, 0.3) is 0 Å². The molecule has 1 aromatic carbocycles. The fourth-order valence-corrected chi connectivity index (χ4v) is 2.62. The number of nitrogens with zero attached hydrogens (tertiary/aromatic N) is 1. The Balaban J connectivity index is 1.77. The van der Waals surface area contributed by atoms with Crippen LogP contribution < -0.4 is 0 Å². The number of carboxylic acid groups (broad SMARTS) is 1. The molecule has 0 aliphatic heterocycles. The molecule has 0 spiro atoms. The number of hydrogen-bond acceptors (Lipinski definition) is 3. The predicted octanol–water partition coefficient (Wildman–Crippen LogP) is 3.11. The van der Waals surface area contributed by atoms with Crippen LogP contribution in [0.5, 0.6) is 0 Å². The Kier molecular flexibility index (Phi) is 3.49. The molecule has 0 radical (unpaired) electrons. The molecule has 2 aromatic rings. The quantitative estimate of drug-likeness (QED) is 0.944. The van der Waals surface area contributed by atoms with E-state index >= 15 is 0 Å². The molecule has 1 aliphatic rings. The third kappa shape index (κ3) is 2.70. The summed E-state index contributed by atoms with van der Waals surface area (Å²) in [6.45, 7) is 0. The first kappa shape index (κ1) is 13.2. The van der Waals surface area contributed by atoms with Crippen molar-refractivity contribution in [3.8, 4) is 0 Å². The summed E-state index contributed by atoms with van der Waals surface area (Å²) in [6, 6.07) is 7.54. The molecule has 5 heteroatoms. The van der Waals surface area contributed by atoms with E-state index in [4.69, 9.17) is 21.1 Å². The summed E-state index contributed by atoms with van der Waals surface area (Å²) in [5.74, 6) is 0.392. The van der Waals surface area contributed by atoms with Gasteiger partial charge in [-0.15, -0.1) is 0 Å². The van der Waals surface area contributed by atoms with E-state index in [1.807, 2.05) is 24.3 Å². The number of benzene rings is 1. The minimum absolute atomic E-state index is 0.337. The number of oxazole rings is 1. The zero-order valence-corrected chi connectivity index (χ0v) is 11.6. The van der Waals surface area contributed by atoms with Crippen molar-refractivity contribution in [3.63, 3.8) is 0 Å². The number of carboxylic acids is 1. The molecule has 1 aromatic heterocycles. The predicted molar refractivity (Wildman–Crippen MR) is 73.9 cm³/mol. The monoisotopic (exact) mass is 291 g/mol. The normalized spacial score (nSPS) is 17.8. The van der Waals surface area contributed by atoms with Crippen molar-refractivity contribution in [2.45, 2.75) is 25.7 Å². The van der Waals surface area contributed by atoms with Crippen LogP contribution in [0.25, 0.3) is 0 Å². The van der Waals surface area contributed by atoms with E-state index < -0.39 is 5.97 Å². The lowest BCUT2D eigenvalue weighted by atomic mass is 9.90. The largest absolute Gasteiger partial charge is 0.481 e. The maximum Gasteiger partial charge on any atom is 0.306 e. The summed E-state index contributed by atoms with van der Waals surface area (Å²) < 4.78 is 5.73. The Labute approximate surface area is 121 Å². The molecule has 1 N–H and O–H groups in total. The molecule has 0 amide bonds. The van der Waals surface area contributed by atoms with Gasteiger partial charge in [-0.3, -0.25) is 4.79 Å². The molecule has 3 rings (SSSR count). The summed E-state index contributed by atoms with van der Waals surface area (Å²) in [5, 5.41) is 9.76. The molecule has 0 saturated carbocycles. The molecule has 0 fully saturated rings. The Morgan fingerprint density at radius 3 is 2.85 bits per heavy atom. The van der Waals surface area contributed by atoms with Crippen LogP contribution in [-0.4, -0.2) is 16.1 Å². The van der Waals surface area contributed by atoms with Gasteiger partial charge in [-0.1, -0.05) is 23.7 Å². The Hall–Kier alpha value is -1.81. The topological polar surface area (TPSA) is 63.3 Å². The summed E-state index contributed by atoms with van der Waals surface area (Å²) >= 11 is 5.85. The van der Waals surface area contributed by atoms with Crippen LogP contribution in [-0.2, 0) is 24.1 Å². The standard InChI is InChI=1S/C15H14ClNO3/c16-11-4-1-9(2-5-11)7-14-17-12-8-10(15(18)19)3-6-13(12)20-14/h1-2,4-5,10H,3,6-8H2,(H,18,19). The molecule has 1 atom stereocenters. The number of halogens is 1. The van der Waals surface area contributed by atoms with Crippen molar-refractivity contribution in [1.82, 2.24) is 4.98 Å². The maximum absolute atomic E-state index is 11.0. The van der Waals surface area contributed by atoms with Gasteiger partial charge in [0.2, 0.25) is 0 Å². The first-order valence-electron chi connectivity index (χ1n) is 6.56. The molecule has 104 valence electrons. The average molecular weight is 292 g/mol. The lowest BCUT2D eigenvalue weighted by Gasteiger charge is -2.15. The molecule has 1 aliphatic carbocycles. The van der Waals surface area contributed by atoms with Crippen LogP contribution >= 0.6 is 11.6 Å². The number of rotatable bonds is 3. The van der Waals surface area contributed by atoms with Crippen LogP contribution in [0.2, 0.25) is 5.02 Å². The smallest absolute Gasteiger partial charge is 0.306 e. The number of carbonyl (C=O) groups is 1. The van der Waals surface area contributed by atoms with E-state index in [0.717, 1.165) is 17.0 Å². The molecule has 0 saturated heterocycles. The number of fused-ring (bicyclic) bond motifs is 1. The fourth-order valence-electron chi connectivity index (χ4n) is 2.50. The highest BCUT2D eigenvalue weighted by molar-refractivity contribution is 6.30. The van der Waals surface area contributed by atoms with Gasteiger partial charge >= 0.3 is 5.97 Å². The molecular weight excluding hydrogens is 278 g/mol. The third-order valence-corrected chi connectivity index (χ3v) is 3.85. The Morgan fingerprint density at radius 1 is 1.40 bits per heavy atom. The molecule has 4 nitrogen and oxygen atoms in total. The van der Waals surface area contributed by atoms with Crippen molar-refractivity contribution >= 4 is 17.6 Å². The highest BCUT2D eigenvalue weighted by Gasteiger charge is 2.28. The van der Waals surface area contributed by atoms with E-state index in [0.29, 0.717) is 36.6 Å². The number of aliphatic carboxylic acids is 1. The van der Waals surface area contributed by atoms with Crippen molar-refractivity contribution in [2.24, 2.45) is 5.92 Å². The molecule has 20 heavy (non-hydrogen) atoms. The van der Waals surface area contributed by atoms with Crippen LogP contribution in [0.1, 0.15) is 29.3 Å².